The van der Waals surface area contributed by atoms with Crippen LogP contribution in [0.3, 0.4) is 0 Å². The molecule has 0 unspecified atom stereocenters. The van der Waals surface area contributed by atoms with Crippen LogP contribution in [0.4, 0.5) is 17.6 Å². The molecule has 2 rings (SSSR count). The Labute approximate surface area is 143 Å². The Bertz CT molecular complexity index is 803. The molecule has 138 valence electrons. The van der Waals surface area contributed by atoms with Gasteiger partial charge in [-0.2, -0.15) is 21.6 Å². The van der Waals surface area contributed by atoms with Crippen LogP contribution in [0.25, 0.3) is 0 Å². The molecule has 0 aliphatic carbocycles. The summed E-state index contributed by atoms with van der Waals surface area (Å²) in [7, 11) is -4.02. The molecule has 2 aromatic carbocycles. The molecule has 0 saturated heterocycles. The topological polar surface area (TPSA) is 80.4 Å². The van der Waals surface area contributed by atoms with Crippen molar-refractivity contribution < 1.29 is 30.5 Å². The van der Waals surface area contributed by atoms with E-state index in [0.717, 1.165) is 17.7 Å². The zero-order valence-electron chi connectivity index (χ0n) is 13.2. The molecule has 0 bridgehead atoms. The van der Waals surface area contributed by atoms with Crippen LogP contribution >= 0.6 is 0 Å². The summed E-state index contributed by atoms with van der Waals surface area (Å²) in [6.07, 6.45) is -4.27. The summed E-state index contributed by atoms with van der Waals surface area (Å²) in [6, 6.07) is 8.43. The molecule has 0 atom stereocenters. The van der Waals surface area contributed by atoms with Crippen LogP contribution < -0.4 is 5.73 Å². The quantitative estimate of drug-likeness (QED) is 0.631. The largest absolute Gasteiger partial charge is 0.416 e. The fraction of sp³-hybridized carbons (Fsp3) is 0.250. The van der Waals surface area contributed by atoms with Crippen molar-refractivity contribution in [3.05, 3.63) is 65.0 Å². The first-order valence-corrected chi connectivity index (χ1v) is 8.48. The second kappa shape index (κ2) is 8.41. The number of halogens is 4. The number of nitrogens with two attached hydrogens (primary N) is 1. The van der Waals surface area contributed by atoms with E-state index < -0.39 is 27.7 Å². The third kappa shape index (κ3) is 7.20. The number of hydrogen-bond donors (Lipinski definition) is 2. The van der Waals surface area contributed by atoms with Crippen molar-refractivity contribution in [2.75, 3.05) is 6.54 Å². The lowest BCUT2D eigenvalue weighted by Gasteiger charge is -2.08. The van der Waals surface area contributed by atoms with E-state index in [-0.39, 0.29) is 23.4 Å². The maximum Gasteiger partial charge on any atom is 0.416 e. The van der Waals surface area contributed by atoms with E-state index in [1.165, 1.54) is 12.1 Å². The van der Waals surface area contributed by atoms with E-state index in [9.17, 15) is 26.0 Å². The molecule has 25 heavy (non-hydrogen) atoms. The SMILES string of the molecule is Cc1ccc(S(=O)(=O)O)cc1.NCCc1cc(F)cc(C(F)(F)F)c1. The Morgan fingerprint density at radius 1 is 1.08 bits per heavy atom. The van der Waals surface area contributed by atoms with Crippen LogP contribution in [-0.4, -0.2) is 19.5 Å². The summed E-state index contributed by atoms with van der Waals surface area (Å²) < 4.78 is 78.9. The average molecular weight is 379 g/mol. The number of benzene rings is 2. The maximum absolute atomic E-state index is 12.7. The molecule has 0 spiro atoms. The minimum absolute atomic E-state index is 0.0666. The van der Waals surface area contributed by atoms with Gasteiger partial charge < -0.3 is 5.73 Å². The second-order valence-corrected chi connectivity index (χ2v) is 6.59. The molecule has 9 heteroatoms. The molecule has 2 aromatic rings. The van der Waals surface area contributed by atoms with Gasteiger partial charge in [-0.25, -0.2) is 4.39 Å². The fourth-order valence-corrected chi connectivity index (χ4v) is 2.32. The summed E-state index contributed by atoms with van der Waals surface area (Å²) in [5.74, 6) is -0.886. The Morgan fingerprint density at radius 3 is 2.08 bits per heavy atom. The van der Waals surface area contributed by atoms with Crippen molar-refractivity contribution >= 4 is 10.1 Å². The lowest BCUT2D eigenvalue weighted by atomic mass is 10.1. The number of hydrogen-bond acceptors (Lipinski definition) is 3. The molecule has 3 N–H and O–H groups in total. The highest BCUT2D eigenvalue weighted by atomic mass is 32.2. The highest BCUT2D eigenvalue weighted by Crippen LogP contribution is 2.30. The normalized spacial score (nSPS) is 11.6. The summed E-state index contributed by atoms with van der Waals surface area (Å²) in [6.45, 7) is 2.04. The molecule has 0 saturated carbocycles. The van der Waals surface area contributed by atoms with Gasteiger partial charge in [0.25, 0.3) is 10.1 Å². The first-order valence-electron chi connectivity index (χ1n) is 7.04. The Kier molecular flexibility index (Phi) is 7.09. The van der Waals surface area contributed by atoms with E-state index in [0.29, 0.717) is 6.07 Å². The van der Waals surface area contributed by atoms with Crippen LogP contribution in [0.1, 0.15) is 16.7 Å². The van der Waals surface area contributed by atoms with Gasteiger partial charge in [0.15, 0.2) is 0 Å². The fourth-order valence-electron chi connectivity index (χ4n) is 1.84. The molecule has 0 fully saturated rings. The van der Waals surface area contributed by atoms with Gasteiger partial charge in [-0.05, 0) is 55.8 Å². The van der Waals surface area contributed by atoms with Crippen LogP contribution in [0, 0.1) is 12.7 Å². The average Bonchev–Trinajstić information content (AvgIpc) is 2.46. The van der Waals surface area contributed by atoms with Crippen molar-refractivity contribution in [3.63, 3.8) is 0 Å². The predicted octanol–water partition coefficient (Wildman–Crippen LogP) is 3.59. The lowest BCUT2D eigenvalue weighted by Crippen LogP contribution is -2.08. The van der Waals surface area contributed by atoms with Crippen molar-refractivity contribution in [2.45, 2.75) is 24.4 Å². The van der Waals surface area contributed by atoms with Crippen molar-refractivity contribution in [1.29, 1.82) is 0 Å². The van der Waals surface area contributed by atoms with Gasteiger partial charge in [0.05, 0.1) is 10.5 Å². The van der Waals surface area contributed by atoms with Crippen LogP contribution in [-0.2, 0) is 22.7 Å². The molecular formula is C16H17F4NO3S. The van der Waals surface area contributed by atoms with Gasteiger partial charge in [0, 0.05) is 0 Å². The zero-order chi connectivity index (χ0) is 19.3. The van der Waals surface area contributed by atoms with Gasteiger partial charge in [0.2, 0.25) is 0 Å². The highest BCUT2D eigenvalue weighted by Gasteiger charge is 2.31. The van der Waals surface area contributed by atoms with Gasteiger partial charge in [0.1, 0.15) is 5.82 Å². The minimum Gasteiger partial charge on any atom is -0.330 e. The van der Waals surface area contributed by atoms with Crippen LogP contribution in [0.2, 0.25) is 0 Å². The smallest absolute Gasteiger partial charge is 0.330 e. The predicted molar refractivity (Wildman–Crippen MR) is 85.2 cm³/mol. The summed E-state index contributed by atoms with van der Waals surface area (Å²) in [5, 5.41) is 0. The first kappa shape index (κ1) is 21.1. The number of rotatable bonds is 3. The van der Waals surface area contributed by atoms with E-state index in [2.05, 4.69) is 0 Å². The van der Waals surface area contributed by atoms with E-state index in [1.54, 1.807) is 12.1 Å². The third-order valence-electron chi connectivity index (χ3n) is 3.04. The first-order chi connectivity index (χ1) is 11.4. The van der Waals surface area contributed by atoms with Crippen LogP contribution in [0.5, 0.6) is 0 Å². The highest BCUT2D eigenvalue weighted by molar-refractivity contribution is 7.85. The number of aryl methyl sites for hydroxylation is 1. The monoisotopic (exact) mass is 379 g/mol. The number of alkyl halides is 3. The molecule has 0 aliphatic heterocycles. The lowest BCUT2D eigenvalue weighted by molar-refractivity contribution is -0.137. The maximum atomic E-state index is 12.7. The Balaban J connectivity index is 0.000000257. The third-order valence-corrected chi connectivity index (χ3v) is 3.90. The van der Waals surface area contributed by atoms with Crippen LogP contribution in [0.15, 0.2) is 47.4 Å². The zero-order valence-corrected chi connectivity index (χ0v) is 14.0. The van der Waals surface area contributed by atoms with Crippen molar-refractivity contribution in [1.82, 2.24) is 0 Å². The summed E-state index contributed by atoms with van der Waals surface area (Å²) in [5.41, 5.74) is 5.41. The van der Waals surface area contributed by atoms with Gasteiger partial charge in [-0.15, -0.1) is 0 Å². The summed E-state index contributed by atoms with van der Waals surface area (Å²) >= 11 is 0. The molecule has 0 radical (unpaired) electrons. The molecule has 0 aliphatic rings. The Hall–Kier alpha value is -1.97. The van der Waals surface area contributed by atoms with Gasteiger partial charge >= 0.3 is 6.18 Å². The standard InChI is InChI=1S/C9H9F4N.C7H8O3S/c10-8-4-6(1-2-14)3-7(5-8)9(11,12)13;1-6-2-4-7(5-3-6)11(8,9)10/h3-5H,1-2,14H2;2-5H,1H3,(H,8,9,10). The minimum atomic E-state index is -4.51. The van der Waals surface area contributed by atoms with Gasteiger partial charge in [-0.3, -0.25) is 4.55 Å². The molecule has 0 heterocycles. The Morgan fingerprint density at radius 2 is 1.64 bits per heavy atom. The molecular weight excluding hydrogens is 362 g/mol. The summed E-state index contributed by atoms with van der Waals surface area (Å²) in [4.78, 5) is -0.0666. The van der Waals surface area contributed by atoms with E-state index in [4.69, 9.17) is 10.3 Å². The molecule has 4 nitrogen and oxygen atoms in total. The van der Waals surface area contributed by atoms with Crippen molar-refractivity contribution in [2.24, 2.45) is 5.73 Å². The van der Waals surface area contributed by atoms with Crippen molar-refractivity contribution in [3.8, 4) is 0 Å². The van der Waals surface area contributed by atoms with E-state index in [1.807, 2.05) is 6.92 Å². The molecule has 0 aromatic heterocycles. The van der Waals surface area contributed by atoms with E-state index >= 15 is 0 Å². The second-order valence-electron chi connectivity index (χ2n) is 5.17. The van der Waals surface area contributed by atoms with Gasteiger partial charge in [-0.1, -0.05) is 17.7 Å². The molecule has 0 amide bonds.